The molecule has 0 spiro atoms. The van der Waals surface area contributed by atoms with Crippen molar-refractivity contribution in [2.45, 2.75) is 10.6 Å². The lowest BCUT2D eigenvalue weighted by Crippen LogP contribution is -2.36. The fraction of sp³-hybridized carbons (Fsp3) is 0.300. The summed E-state index contributed by atoms with van der Waals surface area (Å²) >= 11 is 16.9. The number of rotatable bonds is 4. The Labute approximate surface area is 115 Å². The van der Waals surface area contributed by atoms with Crippen molar-refractivity contribution < 1.29 is 13.2 Å². The summed E-state index contributed by atoms with van der Waals surface area (Å²) in [4.78, 5) is 11.9. The molecule has 0 N–H and O–H groups in total. The fourth-order valence-corrected chi connectivity index (χ4v) is 2.85. The van der Waals surface area contributed by atoms with E-state index in [1.807, 2.05) is 0 Å². The number of sulfone groups is 1. The molecule has 0 saturated heterocycles. The second-order valence-corrected chi connectivity index (χ2v) is 7.89. The Morgan fingerprint density at radius 3 is 2.12 bits per heavy atom. The highest BCUT2D eigenvalue weighted by Gasteiger charge is 2.46. The molecule has 0 bridgehead atoms. The molecule has 17 heavy (non-hydrogen) atoms. The van der Waals surface area contributed by atoms with E-state index in [1.54, 1.807) is 0 Å². The van der Waals surface area contributed by atoms with Gasteiger partial charge in [-0.2, -0.15) is 0 Å². The molecule has 0 atom stereocenters. The predicted molar refractivity (Wildman–Crippen MR) is 69.7 cm³/mol. The Morgan fingerprint density at radius 1 is 1.24 bits per heavy atom. The van der Waals surface area contributed by atoms with Crippen molar-refractivity contribution in [2.75, 3.05) is 5.75 Å². The minimum absolute atomic E-state index is 0.0939. The number of hydrogen-bond acceptors (Lipinski definition) is 3. The summed E-state index contributed by atoms with van der Waals surface area (Å²) in [5, 5.41) is 0.426. The van der Waals surface area contributed by atoms with Crippen LogP contribution in [0.5, 0.6) is 0 Å². The van der Waals surface area contributed by atoms with Crippen LogP contribution in [0, 0.1) is 0 Å². The van der Waals surface area contributed by atoms with Crippen LogP contribution in [0.4, 0.5) is 0 Å². The maximum Gasteiger partial charge on any atom is 0.280 e. The number of ketones is 1. The van der Waals surface area contributed by atoms with Crippen molar-refractivity contribution in [1.82, 2.24) is 0 Å². The van der Waals surface area contributed by atoms with E-state index >= 15 is 0 Å². The lowest BCUT2D eigenvalue weighted by atomic mass is 10.1. The van der Waals surface area contributed by atoms with E-state index < -0.39 is 19.3 Å². The number of alkyl halides is 2. The molecule has 1 rings (SSSR count). The number of benzene rings is 1. The van der Waals surface area contributed by atoms with Gasteiger partial charge >= 0.3 is 0 Å². The summed E-state index contributed by atoms with van der Waals surface area (Å²) < 4.78 is 20.7. The maximum absolute atomic E-state index is 11.9. The smallest absolute Gasteiger partial charge is 0.280 e. The van der Waals surface area contributed by atoms with Crippen LogP contribution >= 0.6 is 34.8 Å². The molecular formula is C10H9Cl3O3S. The number of carbonyl (C=O) groups excluding carboxylic acids is 1. The van der Waals surface area contributed by atoms with Gasteiger partial charge < -0.3 is 0 Å². The topological polar surface area (TPSA) is 51.2 Å². The van der Waals surface area contributed by atoms with Crippen LogP contribution < -0.4 is 0 Å². The van der Waals surface area contributed by atoms with E-state index in [0.29, 0.717) is 5.02 Å². The third kappa shape index (κ3) is 2.94. The van der Waals surface area contributed by atoms with Gasteiger partial charge in [0, 0.05) is 10.6 Å². The zero-order valence-corrected chi connectivity index (χ0v) is 11.9. The van der Waals surface area contributed by atoms with Gasteiger partial charge in [-0.05, 0) is 24.3 Å². The van der Waals surface area contributed by atoms with Gasteiger partial charge in [-0.1, -0.05) is 41.7 Å². The van der Waals surface area contributed by atoms with Gasteiger partial charge in [0.25, 0.3) is 3.67 Å². The van der Waals surface area contributed by atoms with Gasteiger partial charge in [0.05, 0.1) is 5.75 Å². The van der Waals surface area contributed by atoms with Crippen LogP contribution in [-0.4, -0.2) is 23.6 Å². The van der Waals surface area contributed by atoms with Crippen LogP contribution in [-0.2, 0) is 9.84 Å². The molecule has 0 aliphatic carbocycles. The number of Topliss-reactive ketones (excluding diaryl/α,β-unsaturated/α-hetero) is 1. The first kappa shape index (κ1) is 14.8. The second kappa shape index (κ2) is 5.14. The molecule has 0 fully saturated rings. The minimum Gasteiger partial charge on any atom is -0.290 e. The summed E-state index contributed by atoms with van der Waals surface area (Å²) in [6.07, 6.45) is 0. The summed E-state index contributed by atoms with van der Waals surface area (Å²) in [5.74, 6) is -1.20. The average molecular weight is 316 g/mol. The van der Waals surface area contributed by atoms with Crippen LogP contribution in [0.2, 0.25) is 5.02 Å². The number of carbonyl (C=O) groups is 1. The molecule has 3 nitrogen and oxygen atoms in total. The zero-order valence-electron chi connectivity index (χ0n) is 8.78. The Morgan fingerprint density at radius 2 is 1.71 bits per heavy atom. The Hall–Kier alpha value is -0.290. The van der Waals surface area contributed by atoms with E-state index in [2.05, 4.69) is 0 Å². The molecule has 1 aromatic carbocycles. The van der Waals surface area contributed by atoms with E-state index in [4.69, 9.17) is 34.8 Å². The first-order chi connectivity index (χ1) is 7.72. The highest BCUT2D eigenvalue weighted by Crippen LogP contribution is 2.33. The van der Waals surface area contributed by atoms with Gasteiger partial charge in [0.1, 0.15) is 0 Å². The van der Waals surface area contributed by atoms with E-state index in [0.717, 1.165) is 0 Å². The first-order valence-electron chi connectivity index (χ1n) is 4.63. The SMILES string of the molecule is CCS(=O)(=O)C(Cl)(Cl)C(=O)c1ccc(Cl)cc1. The van der Waals surface area contributed by atoms with Crippen LogP contribution in [0.25, 0.3) is 0 Å². The number of hydrogen-bond donors (Lipinski definition) is 0. The van der Waals surface area contributed by atoms with E-state index in [9.17, 15) is 13.2 Å². The van der Waals surface area contributed by atoms with Crippen molar-refractivity contribution in [3.8, 4) is 0 Å². The highest BCUT2D eigenvalue weighted by atomic mass is 35.5. The van der Waals surface area contributed by atoms with Gasteiger partial charge in [0.15, 0.2) is 9.84 Å². The molecular weight excluding hydrogens is 307 g/mol. The standard InChI is InChI=1S/C10H9Cl3O3S/c1-2-17(15,16)10(12,13)9(14)7-3-5-8(11)6-4-7/h3-6H,2H2,1H3. The molecule has 0 unspecified atom stereocenters. The van der Waals surface area contributed by atoms with E-state index in [-0.39, 0.29) is 11.3 Å². The summed E-state index contributed by atoms with van der Waals surface area (Å²) in [6.45, 7) is 1.37. The van der Waals surface area contributed by atoms with Crippen molar-refractivity contribution in [3.05, 3.63) is 34.9 Å². The van der Waals surface area contributed by atoms with Gasteiger partial charge in [-0.3, -0.25) is 4.79 Å². The predicted octanol–water partition coefficient (Wildman–Crippen LogP) is 3.09. The van der Waals surface area contributed by atoms with Crippen molar-refractivity contribution in [1.29, 1.82) is 0 Å². The molecule has 94 valence electrons. The molecule has 1 aromatic rings. The third-order valence-corrected chi connectivity index (χ3v) is 5.87. The summed E-state index contributed by atoms with van der Waals surface area (Å²) in [6, 6.07) is 5.65. The van der Waals surface area contributed by atoms with Gasteiger partial charge in [-0.25, -0.2) is 8.42 Å². The molecule has 0 aliphatic heterocycles. The molecule has 0 saturated carbocycles. The third-order valence-electron chi connectivity index (χ3n) is 2.14. The normalized spacial score (nSPS) is 12.5. The largest absolute Gasteiger partial charge is 0.290 e. The highest BCUT2D eigenvalue weighted by molar-refractivity contribution is 7.96. The average Bonchev–Trinajstić information content (AvgIpc) is 2.28. The minimum atomic E-state index is -3.91. The molecule has 0 aromatic heterocycles. The van der Waals surface area contributed by atoms with Crippen molar-refractivity contribution in [2.24, 2.45) is 0 Å². The van der Waals surface area contributed by atoms with Gasteiger partial charge in [-0.15, -0.1) is 0 Å². The lowest BCUT2D eigenvalue weighted by Gasteiger charge is -2.17. The number of halogens is 3. The van der Waals surface area contributed by atoms with Crippen LogP contribution in [0.3, 0.4) is 0 Å². The summed E-state index contributed by atoms with van der Waals surface area (Å²) in [7, 11) is -3.91. The Kier molecular flexibility index (Phi) is 4.47. The summed E-state index contributed by atoms with van der Waals surface area (Å²) in [5.41, 5.74) is 0.0939. The molecule has 0 aliphatic rings. The monoisotopic (exact) mass is 314 g/mol. The Balaban J connectivity index is 3.18. The van der Waals surface area contributed by atoms with E-state index in [1.165, 1.54) is 31.2 Å². The Bertz CT molecular complexity index is 520. The first-order valence-corrected chi connectivity index (χ1v) is 7.41. The molecule has 0 amide bonds. The zero-order chi connectivity index (χ0) is 13.3. The lowest BCUT2D eigenvalue weighted by molar-refractivity contribution is 0.0996. The van der Waals surface area contributed by atoms with Crippen molar-refractivity contribution in [3.63, 3.8) is 0 Å². The van der Waals surface area contributed by atoms with Crippen molar-refractivity contribution >= 4 is 50.4 Å². The molecule has 0 heterocycles. The second-order valence-electron chi connectivity index (χ2n) is 3.26. The fourth-order valence-electron chi connectivity index (χ4n) is 1.09. The quantitative estimate of drug-likeness (QED) is 0.634. The molecule has 7 heteroatoms. The van der Waals surface area contributed by atoms with Crippen LogP contribution in [0.15, 0.2) is 24.3 Å². The van der Waals surface area contributed by atoms with Gasteiger partial charge in [0.2, 0.25) is 5.78 Å². The van der Waals surface area contributed by atoms with Crippen LogP contribution in [0.1, 0.15) is 17.3 Å². The molecule has 0 radical (unpaired) electrons. The maximum atomic E-state index is 11.9.